The molecule has 1 saturated heterocycles. The Morgan fingerprint density at radius 3 is 2.73 bits per heavy atom. The van der Waals surface area contributed by atoms with Gasteiger partial charge in [0, 0.05) is 25.2 Å². The molecule has 1 aromatic rings. The van der Waals surface area contributed by atoms with Gasteiger partial charge in [-0.3, -0.25) is 4.79 Å². The fourth-order valence-corrected chi connectivity index (χ4v) is 3.98. The number of nitrogens with one attached hydrogen (secondary N) is 1. The highest BCUT2D eigenvalue weighted by molar-refractivity contribution is 7.90. The van der Waals surface area contributed by atoms with Crippen molar-refractivity contribution in [1.82, 2.24) is 9.62 Å². The van der Waals surface area contributed by atoms with Gasteiger partial charge in [-0.05, 0) is 50.8 Å². The van der Waals surface area contributed by atoms with Gasteiger partial charge in [-0.15, -0.1) is 0 Å². The Morgan fingerprint density at radius 1 is 1.27 bits per heavy atom. The number of hydrogen-bond donors (Lipinski definition) is 1. The molecule has 0 bridgehead atoms. The molecule has 2 aliphatic rings. The van der Waals surface area contributed by atoms with Gasteiger partial charge in [0.2, 0.25) is 10.0 Å². The lowest BCUT2D eigenvalue weighted by atomic mass is 9.97. The molecule has 0 saturated carbocycles. The lowest BCUT2D eigenvalue weighted by Crippen LogP contribution is -2.44. The molecule has 1 aromatic carbocycles. The largest absolute Gasteiger partial charge is 0.486 e. The Morgan fingerprint density at radius 2 is 2.00 bits per heavy atom. The van der Waals surface area contributed by atoms with Crippen LogP contribution in [-0.2, 0) is 10.0 Å². The maximum absolute atomic E-state index is 12.8. The minimum atomic E-state index is -3.28. The van der Waals surface area contributed by atoms with Gasteiger partial charge < -0.3 is 14.4 Å². The molecule has 8 heteroatoms. The van der Waals surface area contributed by atoms with Gasteiger partial charge in [0.05, 0.1) is 5.25 Å². The van der Waals surface area contributed by atoms with Crippen LogP contribution in [0, 0.1) is 5.92 Å². The molecule has 144 valence electrons. The Balaban J connectivity index is 1.63. The predicted octanol–water partition coefficient (Wildman–Crippen LogP) is 1.64. The van der Waals surface area contributed by atoms with E-state index >= 15 is 0 Å². The van der Waals surface area contributed by atoms with E-state index in [2.05, 4.69) is 4.72 Å². The molecule has 1 atom stereocenters. The van der Waals surface area contributed by atoms with Crippen molar-refractivity contribution in [3.63, 3.8) is 0 Å². The van der Waals surface area contributed by atoms with Crippen molar-refractivity contribution in [1.29, 1.82) is 0 Å². The smallest absolute Gasteiger partial charge is 0.254 e. The molecule has 2 heterocycles. The van der Waals surface area contributed by atoms with Gasteiger partial charge in [-0.25, -0.2) is 13.1 Å². The number of sulfonamides is 1. The highest BCUT2D eigenvalue weighted by atomic mass is 32.2. The lowest BCUT2D eigenvalue weighted by Gasteiger charge is -2.33. The Kier molecular flexibility index (Phi) is 5.72. The van der Waals surface area contributed by atoms with Crippen molar-refractivity contribution >= 4 is 15.9 Å². The molecule has 1 N–H and O–H groups in total. The highest BCUT2D eigenvalue weighted by Crippen LogP contribution is 2.31. The molecule has 0 radical (unpaired) electrons. The van der Waals surface area contributed by atoms with E-state index in [1.807, 2.05) is 0 Å². The van der Waals surface area contributed by atoms with Crippen LogP contribution in [0.25, 0.3) is 0 Å². The van der Waals surface area contributed by atoms with Crippen LogP contribution in [0.4, 0.5) is 0 Å². The molecule has 1 fully saturated rings. The van der Waals surface area contributed by atoms with Crippen LogP contribution < -0.4 is 14.2 Å². The first-order valence-electron chi connectivity index (χ1n) is 9.04. The summed E-state index contributed by atoms with van der Waals surface area (Å²) in [5, 5.41) is -0.457. The molecule has 1 amide bonds. The SMILES string of the molecule is CC(C)S(=O)(=O)NC[C@@H]1CCCN(C(=O)c2ccc3c(c2)OCCO3)C1. The summed E-state index contributed by atoms with van der Waals surface area (Å²) < 4.78 is 37.6. The maximum Gasteiger partial charge on any atom is 0.254 e. The number of likely N-dealkylation sites (tertiary alicyclic amines) is 1. The molecule has 0 aromatic heterocycles. The standard InChI is InChI=1S/C18H26N2O5S/c1-13(2)26(22,23)19-11-14-4-3-7-20(12-14)18(21)15-5-6-16-17(10-15)25-9-8-24-16/h5-6,10,13-14,19H,3-4,7-9,11-12H2,1-2H3/t14-/m0/s1. The predicted molar refractivity (Wildman–Crippen MR) is 98.1 cm³/mol. The summed E-state index contributed by atoms with van der Waals surface area (Å²) in [5.74, 6) is 1.32. The van der Waals surface area contributed by atoms with Crippen molar-refractivity contribution in [3.8, 4) is 11.5 Å². The van der Waals surface area contributed by atoms with Gasteiger partial charge >= 0.3 is 0 Å². The third-order valence-corrected chi connectivity index (χ3v) is 6.60. The van der Waals surface area contributed by atoms with Crippen LogP contribution in [0.5, 0.6) is 11.5 Å². The van der Waals surface area contributed by atoms with Crippen molar-refractivity contribution in [2.24, 2.45) is 5.92 Å². The third kappa shape index (κ3) is 4.29. The Labute approximate surface area is 154 Å². The molecule has 3 rings (SSSR count). The zero-order valence-electron chi connectivity index (χ0n) is 15.2. The number of fused-ring (bicyclic) bond motifs is 1. The van der Waals surface area contributed by atoms with Crippen LogP contribution in [-0.4, -0.2) is 57.3 Å². The van der Waals surface area contributed by atoms with E-state index in [1.165, 1.54) is 0 Å². The minimum Gasteiger partial charge on any atom is -0.486 e. The number of piperidine rings is 1. The monoisotopic (exact) mass is 382 g/mol. The van der Waals surface area contributed by atoms with Crippen LogP contribution in [0.15, 0.2) is 18.2 Å². The summed E-state index contributed by atoms with van der Waals surface area (Å²) in [6.45, 7) is 5.90. The van der Waals surface area contributed by atoms with E-state index in [-0.39, 0.29) is 11.8 Å². The summed E-state index contributed by atoms with van der Waals surface area (Å²) in [6.07, 6.45) is 1.77. The van der Waals surface area contributed by atoms with Crippen LogP contribution in [0.2, 0.25) is 0 Å². The average molecular weight is 382 g/mol. The summed E-state index contributed by atoms with van der Waals surface area (Å²) in [6, 6.07) is 5.24. The fraction of sp³-hybridized carbons (Fsp3) is 0.611. The second kappa shape index (κ2) is 7.84. The first-order chi connectivity index (χ1) is 12.4. The van der Waals surface area contributed by atoms with Crippen LogP contribution >= 0.6 is 0 Å². The summed E-state index contributed by atoms with van der Waals surface area (Å²) in [5.41, 5.74) is 0.567. The van der Waals surface area contributed by atoms with E-state index in [9.17, 15) is 13.2 Å². The summed E-state index contributed by atoms with van der Waals surface area (Å²) >= 11 is 0. The topological polar surface area (TPSA) is 84.9 Å². The molecule has 7 nitrogen and oxygen atoms in total. The number of nitrogens with zero attached hydrogens (tertiary/aromatic N) is 1. The number of rotatable bonds is 5. The first kappa shape index (κ1) is 19.0. The number of amides is 1. The number of benzene rings is 1. The molecule has 26 heavy (non-hydrogen) atoms. The van der Waals surface area contributed by atoms with E-state index in [4.69, 9.17) is 9.47 Å². The highest BCUT2D eigenvalue weighted by Gasteiger charge is 2.27. The van der Waals surface area contributed by atoms with Gasteiger partial charge in [-0.1, -0.05) is 0 Å². The zero-order chi connectivity index (χ0) is 18.7. The second-order valence-corrected chi connectivity index (χ2v) is 9.38. The van der Waals surface area contributed by atoms with Crippen molar-refractivity contribution < 1.29 is 22.7 Å². The lowest BCUT2D eigenvalue weighted by molar-refractivity contribution is 0.0675. The number of carbonyl (C=O) groups is 1. The number of carbonyl (C=O) groups excluding carboxylic acids is 1. The van der Waals surface area contributed by atoms with Gasteiger partial charge in [0.1, 0.15) is 13.2 Å². The molecule has 2 aliphatic heterocycles. The van der Waals surface area contributed by atoms with E-state index < -0.39 is 15.3 Å². The van der Waals surface area contributed by atoms with E-state index in [0.29, 0.717) is 49.9 Å². The first-order valence-corrected chi connectivity index (χ1v) is 10.6. The number of ether oxygens (including phenoxy) is 2. The van der Waals surface area contributed by atoms with Crippen molar-refractivity contribution in [2.45, 2.75) is 31.9 Å². The van der Waals surface area contributed by atoms with Gasteiger partial charge in [-0.2, -0.15) is 0 Å². The molecule has 0 aliphatic carbocycles. The van der Waals surface area contributed by atoms with Crippen molar-refractivity contribution in [2.75, 3.05) is 32.8 Å². The van der Waals surface area contributed by atoms with Crippen LogP contribution in [0.3, 0.4) is 0 Å². The Bertz CT molecular complexity index is 763. The Hall–Kier alpha value is -1.80. The van der Waals surface area contributed by atoms with Crippen LogP contribution in [0.1, 0.15) is 37.0 Å². The molecular formula is C18H26N2O5S. The number of hydrogen-bond acceptors (Lipinski definition) is 5. The van der Waals surface area contributed by atoms with Crippen molar-refractivity contribution in [3.05, 3.63) is 23.8 Å². The average Bonchev–Trinajstić information content (AvgIpc) is 2.65. The zero-order valence-corrected chi connectivity index (χ0v) is 16.0. The molecule has 0 spiro atoms. The maximum atomic E-state index is 12.8. The summed E-state index contributed by atoms with van der Waals surface area (Å²) in [7, 11) is -3.28. The fourth-order valence-electron chi connectivity index (χ4n) is 3.18. The van der Waals surface area contributed by atoms with E-state index in [1.54, 1.807) is 36.9 Å². The minimum absolute atomic E-state index is 0.0570. The molecule has 0 unspecified atom stereocenters. The normalized spacial score (nSPS) is 20.3. The third-order valence-electron chi connectivity index (χ3n) is 4.79. The van der Waals surface area contributed by atoms with Gasteiger partial charge in [0.15, 0.2) is 11.5 Å². The second-order valence-electron chi connectivity index (χ2n) is 7.06. The summed E-state index contributed by atoms with van der Waals surface area (Å²) in [4.78, 5) is 14.6. The quantitative estimate of drug-likeness (QED) is 0.837. The van der Waals surface area contributed by atoms with E-state index in [0.717, 1.165) is 12.8 Å². The molecular weight excluding hydrogens is 356 g/mol. The van der Waals surface area contributed by atoms with Gasteiger partial charge in [0.25, 0.3) is 5.91 Å².